The number of allylic oxidation sites excluding steroid dienone is 7. The van der Waals surface area contributed by atoms with E-state index in [9.17, 15) is 5.11 Å². The SMILES string of the molecule is CC1/C(=C/C=C2\CCCC(/C=C/C3=[N+](C)c4ccccc4C3(C)C)=C2NCCO)C(C)(C)c2ccccc21. The number of hydrogen-bond acceptors (Lipinski definition) is 2. The Hall–Kier alpha value is -3.17. The third kappa shape index (κ3) is 4.41. The summed E-state index contributed by atoms with van der Waals surface area (Å²) in [4.78, 5) is 0. The molecular formula is C35H43N2O+. The van der Waals surface area contributed by atoms with Crippen LogP contribution in [0.5, 0.6) is 0 Å². The molecule has 0 amide bonds. The molecule has 5 rings (SSSR count). The summed E-state index contributed by atoms with van der Waals surface area (Å²) in [7, 11) is 2.17. The maximum atomic E-state index is 9.64. The Morgan fingerprint density at radius 1 is 0.921 bits per heavy atom. The minimum absolute atomic E-state index is 0.0250. The van der Waals surface area contributed by atoms with Crippen molar-refractivity contribution in [3.63, 3.8) is 0 Å². The van der Waals surface area contributed by atoms with Gasteiger partial charge in [0.2, 0.25) is 5.69 Å². The zero-order valence-corrected chi connectivity index (χ0v) is 23.9. The van der Waals surface area contributed by atoms with Gasteiger partial charge in [0.15, 0.2) is 5.71 Å². The Bertz CT molecular complexity index is 1400. The van der Waals surface area contributed by atoms with Crippen molar-refractivity contribution >= 4 is 11.4 Å². The number of nitrogens with one attached hydrogen (secondary N) is 1. The molecule has 0 aromatic heterocycles. The van der Waals surface area contributed by atoms with Crippen molar-refractivity contribution < 1.29 is 9.68 Å². The summed E-state index contributed by atoms with van der Waals surface area (Å²) in [6.45, 7) is 12.3. The van der Waals surface area contributed by atoms with Crippen LogP contribution in [-0.4, -0.2) is 35.6 Å². The van der Waals surface area contributed by atoms with E-state index in [1.54, 1.807) is 0 Å². The van der Waals surface area contributed by atoms with Gasteiger partial charge in [-0.05, 0) is 55.4 Å². The first-order chi connectivity index (χ1) is 18.2. The Labute approximate surface area is 229 Å². The van der Waals surface area contributed by atoms with Crippen LogP contribution in [0.15, 0.2) is 95.3 Å². The summed E-state index contributed by atoms with van der Waals surface area (Å²) in [6.07, 6.45) is 12.6. The number of fused-ring (bicyclic) bond motifs is 2. The fourth-order valence-corrected chi connectivity index (χ4v) is 7.00. The second-order valence-electron chi connectivity index (χ2n) is 12.1. The van der Waals surface area contributed by atoms with Gasteiger partial charge in [-0.25, -0.2) is 0 Å². The van der Waals surface area contributed by atoms with Crippen LogP contribution < -0.4 is 5.32 Å². The molecule has 2 N–H and O–H groups in total. The summed E-state index contributed by atoms with van der Waals surface area (Å²) in [6, 6.07) is 17.6. The van der Waals surface area contributed by atoms with E-state index in [4.69, 9.17) is 0 Å². The minimum Gasteiger partial charge on any atom is -0.395 e. The summed E-state index contributed by atoms with van der Waals surface area (Å²) in [5.41, 5.74) is 12.2. The molecule has 1 unspecified atom stereocenters. The molecule has 2 aromatic rings. The highest BCUT2D eigenvalue weighted by Crippen LogP contribution is 2.50. The van der Waals surface area contributed by atoms with Crippen molar-refractivity contribution in [1.82, 2.24) is 5.32 Å². The van der Waals surface area contributed by atoms with Gasteiger partial charge in [-0.3, -0.25) is 0 Å². The van der Waals surface area contributed by atoms with Crippen LogP contribution in [0.3, 0.4) is 0 Å². The van der Waals surface area contributed by atoms with Crippen LogP contribution in [0.25, 0.3) is 0 Å². The molecule has 3 nitrogen and oxygen atoms in total. The molecule has 3 heteroatoms. The summed E-state index contributed by atoms with van der Waals surface area (Å²) in [5.74, 6) is 0.414. The van der Waals surface area contributed by atoms with E-state index in [0.717, 1.165) is 19.3 Å². The fourth-order valence-electron chi connectivity index (χ4n) is 7.00. The van der Waals surface area contributed by atoms with Gasteiger partial charge in [0, 0.05) is 41.3 Å². The molecule has 0 saturated heterocycles. The van der Waals surface area contributed by atoms with Gasteiger partial charge >= 0.3 is 0 Å². The van der Waals surface area contributed by atoms with E-state index in [0.29, 0.717) is 12.5 Å². The molecule has 198 valence electrons. The molecular weight excluding hydrogens is 464 g/mol. The second-order valence-corrected chi connectivity index (χ2v) is 12.1. The van der Waals surface area contributed by atoms with E-state index in [1.165, 1.54) is 50.5 Å². The molecule has 1 heterocycles. The average Bonchev–Trinajstić information content (AvgIpc) is 3.23. The summed E-state index contributed by atoms with van der Waals surface area (Å²) in [5, 5.41) is 13.2. The highest BCUT2D eigenvalue weighted by Gasteiger charge is 2.42. The minimum atomic E-state index is -0.0436. The van der Waals surface area contributed by atoms with Gasteiger partial charge in [-0.15, -0.1) is 0 Å². The van der Waals surface area contributed by atoms with E-state index in [1.807, 2.05) is 0 Å². The molecule has 0 spiro atoms. The van der Waals surface area contributed by atoms with E-state index < -0.39 is 0 Å². The van der Waals surface area contributed by atoms with Crippen molar-refractivity contribution in [3.05, 3.63) is 112 Å². The van der Waals surface area contributed by atoms with Crippen LogP contribution in [0.2, 0.25) is 0 Å². The average molecular weight is 508 g/mol. The topological polar surface area (TPSA) is 35.3 Å². The van der Waals surface area contributed by atoms with Gasteiger partial charge in [0.1, 0.15) is 7.05 Å². The maximum Gasteiger partial charge on any atom is 0.209 e. The van der Waals surface area contributed by atoms with Crippen molar-refractivity contribution in [1.29, 1.82) is 0 Å². The zero-order chi connectivity index (χ0) is 27.1. The van der Waals surface area contributed by atoms with E-state index in [-0.39, 0.29) is 17.4 Å². The number of hydrogen-bond donors (Lipinski definition) is 2. The third-order valence-corrected chi connectivity index (χ3v) is 9.08. The molecule has 1 aliphatic heterocycles. The number of rotatable bonds is 6. The number of para-hydroxylation sites is 1. The summed E-state index contributed by atoms with van der Waals surface area (Å²) < 4.78 is 2.33. The lowest BCUT2D eigenvalue weighted by atomic mass is 9.80. The van der Waals surface area contributed by atoms with E-state index in [2.05, 4.69) is 124 Å². The molecule has 2 aliphatic carbocycles. The lowest BCUT2D eigenvalue weighted by Crippen LogP contribution is -2.27. The lowest BCUT2D eigenvalue weighted by molar-refractivity contribution is -0.401. The van der Waals surface area contributed by atoms with Crippen LogP contribution >= 0.6 is 0 Å². The third-order valence-electron chi connectivity index (χ3n) is 9.08. The first kappa shape index (κ1) is 26.4. The molecule has 3 aliphatic rings. The van der Waals surface area contributed by atoms with Crippen molar-refractivity contribution in [3.8, 4) is 0 Å². The molecule has 2 aromatic carbocycles. The van der Waals surface area contributed by atoms with Gasteiger partial charge in [-0.2, -0.15) is 4.58 Å². The Kier molecular flexibility index (Phi) is 7.09. The largest absolute Gasteiger partial charge is 0.395 e. The summed E-state index contributed by atoms with van der Waals surface area (Å²) >= 11 is 0. The molecule has 0 fully saturated rings. The van der Waals surface area contributed by atoms with Gasteiger partial charge < -0.3 is 10.4 Å². The highest BCUT2D eigenvalue weighted by molar-refractivity contribution is 6.03. The Balaban J connectivity index is 1.51. The lowest BCUT2D eigenvalue weighted by Gasteiger charge is -2.25. The maximum absolute atomic E-state index is 9.64. The highest BCUT2D eigenvalue weighted by atomic mass is 16.3. The van der Waals surface area contributed by atoms with E-state index >= 15 is 0 Å². The zero-order valence-electron chi connectivity index (χ0n) is 23.9. The van der Waals surface area contributed by atoms with Crippen LogP contribution in [0.4, 0.5) is 5.69 Å². The predicted octanol–water partition coefficient (Wildman–Crippen LogP) is 7.22. The Morgan fingerprint density at radius 3 is 2.34 bits per heavy atom. The molecule has 1 atom stereocenters. The number of aliphatic hydroxyl groups is 1. The predicted molar refractivity (Wildman–Crippen MR) is 159 cm³/mol. The number of benzene rings is 2. The molecule has 0 radical (unpaired) electrons. The smallest absolute Gasteiger partial charge is 0.209 e. The molecule has 38 heavy (non-hydrogen) atoms. The van der Waals surface area contributed by atoms with Crippen LogP contribution in [0.1, 0.15) is 76.5 Å². The monoisotopic (exact) mass is 507 g/mol. The van der Waals surface area contributed by atoms with Crippen molar-refractivity contribution in [2.24, 2.45) is 0 Å². The van der Waals surface area contributed by atoms with Crippen molar-refractivity contribution in [2.45, 2.75) is 70.6 Å². The van der Waals surface area contributed by atoms with Crippen molar-refractivity contribution in [2.75, 3.05) is 20.2 Å². The number of aliphatic hydroxyl groups excluding tert-OH is 1. The van der Waals surface area contributed by atoms with Gasteiger partial charge in [-0.1, -0.05) is 87.0 Å². The van der Waals surface area contributed by atoms with Crippen LogP contribution in [0, 0.1) is 0 Å². The quantitative estimate of drug-likeness (QED) is 0.405. The first-order valence-electron chi connectivity index (χ1n) is 14.2. The normalized spacial score (nSPS) is 24.0. The standard InChI is InChI=1S/C35H42N2O/c1-24-27-14-7-8-15-29(27)34(2,3)28(24)20-18-25-12-11-13-26(33(25)36-22-23-38)19-21-32-35(4,5)30-16-9-10-17-31(30)37(32)6/h7-10,14-21,24,38H,11-13,22-23H2,1-6H3/p+1/b25-18+,28-20-. The van der Waals surface area contributed by atoms with Gasteiger partial charge in [0.25, 0.3) is 0 Å². The Morgan fingerprint density at radius 2 is 1.63 bits per heavy atom. The fraction of sp³-hybridized carbons (Fsp3) is 0.400. The molecule has 0 bridgehead atoms. The van der Waals surface area contributed by atoms with Gasteiger partial charge in [0.05, 0.1) is 12.0 Å². The second kappa shape index (κ2) is 10.2. The number of nitrogens with zero attached hydrogens (tertiary/aromatic N) is 1. The van der Waals surface area contributed by atoms with Crippen LogP contribution in [-0.2, 0) is 10.8 Å². The first-order valence-corrected chi connectivity index (χ1v) is 14.2. The molecule has 0 saturated carbocycles.